The van der Waals surface area contributed by atoms with Crippen molar-refractivity contribution in [1.29, 1.82) is 0 Å². The Labute approximate surface area is 122 Å². The highest BCUT2D eigenvalue weighted by Gasteiger charge is 2.14. The lowest BCUT2D eigenvalue weighted by molar-refractivity contribution is -0.638. The summed E-state index contributed by atoms with van der Waals surface area (Å²) in [5.41, 5.74) is 0. The monoisotopic (exact) mass is 358 g/mol. The summed E-state index contributed by atoms with van der Waals surface area (Å²) in [6.07, 6.45) is 5.68. The molecular weight excluding hydrogens is 332 g/mol. The minimum Gasteiger partial charge on any atom is -1.00 e. The van der Waals surface area contributed by atoms with Crippen molar-refractivity contribution >= 4 is 0 Å². The molecule has 4 N–H and O–H groups in total. The van der Waals surface area contributed by atoms with Gasteiger partial charge >= 0.3 is 0 Å². The molecule has 0 aromatic heterocycles. The Balaban J connectivity index is 0. The highest BCUT2D eigenvalue weighted by molar-refractivity contribution is 4.57. The Morgan fingerprint density at radius 3 is 1.31 bits per heavy atom. The van der Waals surface area contributed by atoms with Crippen molar-refractivity contribution in [3.63, 3.8) is 0 Å². The van der Waals surface area contributed by atoms with Crippen LogP contribution in [-0.4, -0.2) is 26.2 Å². The molecule has 2 rings (SSSR count). The standard InChI is InChI=1S/2C6H13N.2BrH/c2*1-2-6-3-4-7-5-6;;/h2*6-7H,2-5H2,1H3;2*1H. The Morgan fingerprint density at radius 1 is 0.812 bits per heavy atom. The van der Waals surface area contributed by atoms with Gasteiger partial charge in [-0.3, -0.25) is 0 Å². The predicted molar refractivity (Wildman–Crippen MR) is 60.1 cm³/mol. The van der Waals surface area contributed by atoms with E-state index < -0.39 is 0 Å². The number of quaternary nitrogens is 2. The molecule has 0 spiro atoms. The van der Waals surface area contributed by atoms with Gasteiger partial charge in [-0.2, -0.15) is 0 Å². The highest BCUT2D eigenvalue weighted by Crippen LogP contribution is 2.06. The van der Waals surface area contributed by atoms with Gasteiger partial charge in [0.25, 0.3) is 0 Å². The summed E-state index contributed by atoms with van der Waals surface area (Å²) < 4.78 is 0. The second-order valence-corrected chi connectivity index (χ2v) is 4.75. The maximum absolute atomic E-state index is 2.41. The van der Waals surface area contributed by atoms with Crippen molar-refractivity contribution in [3.05, 3.63) is 0 Å². The van der Waals surface area contributed by atoms with Crippen molar-refractivity contribution in [2.75, 3.05) is 26.2 Å². The molecule has 2 heterocycles. The highest BCUT2D eigenvalue weighted by atomic mass is 79.9. The Bertz CT molecular complexity index is 117. The first-order valence-corrected chi connectivity index (χ1v) is 6.50. The largest absolute Gasteiger partial charge is 1.00 e. The van der Waals surface area contributed by atoms with E-state index in [9.17, 15) is 0 Å². The molecule has 0 aromatic rings. The average Bonchev–Trinajstić information content (AvgIpc) is 2.92. The third-order valence-electron chi connectivity index (χ3n) is 3.71. The lowest BCUT2D eigenvalue weighted by Gasteiger charge is -1.95. The van der Waals surface area contributed by atoms with Crippen molar-refractivity contribution in [2.45, 2.75) is 39.5 Å². The van der Waals surface area contributed by atoms with E-state index in [2.05, 4.69) is 24.5 Å². The smallest absolute Gasteiger partial charge is 0.0786 e. The average molecular weight is 360 g/mol. The molecule has 2 unspecified atom stereocenters. The van der Waals surface area contributed by atoms with Crippen LogP contribution in [-0.2, 0) is 0 Å². The molecular formula is C12H28Br2N2. The summed E-state index contributed by atoms with van der Waals surface area (Å²) in [5, 5.41) is 4.82. The van der Waals surface area contributed by atoms with E-state index in [0.717, 1.165) is 11.8 Å². The fraction of sp³-hybridized carbons (Fsp3) is 1.00. The van der Waals surface area contributed by atoms with Gasteiger partial charge in [-0.1, -0.05) is 13.8 Å². The zero-order valence-corrected chi connectivity index (χ0v) is 13.9. The topological polar surface area (TPSA) is 33.2 Å². The quantitative estimate of drug-likeness (QED) is 0.492. The van der Waals surface area contributed by atoms with E-state index in [1.54, 1.807) is 0 Å². The molecule has 2 aliphatic rings. The van der Waals surface area contributed by atoms with Gasteiger partial charge in [0.15, 0.2) is 0 Å². The molecule has 0 radical (unpaired) electrons. The summed E-state index contributed by atoms with van der Waals surface area (Å²) in [6.45, 7) is 10.1. The van der Waals surface area contributed by atoms with Gasteiger partial charge in [0.2, 0.25) is 0 Å². The number of hydrogen-bond acceptors (Lipinski definition) is 0. The van der Waals surface area contributed by atoms with Gasteiger partial charge in [-0.15, -0.1) is 0 Å². The van der Waals surface area contributed by atoms with E-state index in [1.807, 2.05) is 0 Å². The van der Waals surface area contributed by atoms with Crippen molar-refractivity contribution < 1.29 is 44.6 Å². The number of halogens is 2. The van der Waals surface area contributed by atoms with Gasteiger partial charge in [0.05, 0.1) is 26.2 Å². The molecule has 0 aliphatic carbocycles. The van der Waals surface area contributed by atoms with E-state index in [4.69, 9.17) is 0 Å². The van der Waals surface area contributed by atoms with Crippen LogP contribution in [0.25, 0.3) is 0 Å². The predicted octanol–water partition coefficient (Wildman–Crippen LogP) is -6.03. The summed E-state index contributed by atoms with van der Waals surface area (Å²) >= 11 is 0. The minimum atomic E-state index is 0. The second-order valence-electron chi connectivity index (χ2n) is 4.75. The third-order valence-corrected chi connectivity index (χ3v) is 3.71. The van der Waals surface area contributed by atoms with E-state index in [0.29, 0.717) is 0 Å². The fourth-order valence-corrected chi connectivity index (χ4v) is 2.39. The van der Waals surface area contributed by atoms with Crippen LogP contribution in [0.4, 0.5) is 0 Å². The Kier molecular flexibility index (Phi) is 14.8. The van der Waals surface area contributed by atoms with Crippen LogP contribution in [0.1, 0.15) is 39.5 Å². The van der Waals surface area contributed by atoms with Gasteiger partial charge in [-0.25, -0.2) is 0 Å². The molecule has 0 saturated carbocycles. The van der Waals surface area contributed by atoms with Crippen LogP contribution >= 0.6 is 0 Å². The van der Waals surface area contributed by atoms with Gasteiger partial charge in [-0.05, 0) is 12.8 Å². The van der Waals surface area contributed by atoms with Crippen LogP contribution in [0.2, 0.25) is 0 Å². The molecule has 0 amide bonds. The molecule has 100 valence electrons. The fourth-order valence-electron chi connectivity index (χ4n) is 2.39. The van der Waals surface area contributed by atoms with E-state index in [-0.39, 0.29) is 34.0 Å². The van der Waals surface area contributed by atoms with Crippen LogP contribution in [0.5, 0.6) is 0 Å². The maximum Gasteiger partial charge on any atom is 0.0786 e. The molecule has 2 saturated heterocycles. The summed E-state index contributed by atoms with van der Waals surface area (Å²) in [6, 6.07) is 0. The summed E-state index contributed by atoms with van der Waals surface area (Å²) in [7, 11) is 0. The first-order chi connectivity index (χ1) is 6.86. The van der Waals surface area contributed by atoms with Crippen molar-refractivity contribution in [1.82, 2.24) is 0 Å². The van der Waals surface area contributed by atoms with Gasteiger partial charge in [0.1, 0.15) is 0 Å². The summed E-state index contributed by atoms with van der Waals surface area (Å²) in [5.74, 6) is 2.08. The SMILES string of the molecule is CCC1CC[NH2+]C1.CCC1CC[NH2+]C1.[Br-].[Br-]. The number of rotatable bonds is 2. The van der Waals surface area contributed by atoms with Crippen LogP contribution in [0.3, 0.4) is 0 Å². The molecule has 16 heavy (non-hydrogen) atoms. The molecule has 2 aliphatic heterocycles. The second kappa shape index (κ2) is 12.3. The molecule has 2 nitrogen and oxygen atoms in total. The van der Waals surface area contributed by atoms with Crippen LogP contribution < -0.4 is 44.6 Å². The van der Waals surface area contributed by atoms with E-state index in [1.165, 1.54) is 51.9 Å². The molecule has 2 fully saturated rings. The zero-order chi connectivity index (χ0) is 10.2. The molecule has 0 aromatic carbocycles. The first-order valence-electron chi connectivity index (χ1n) is 6.50. The van der Waals surface area contributed by atoms with Crippen LogP contribution in [0, 0.1) is 11.8 Å². The summed E-state index contributed by atoms with van der Waals surface area (Å²) in [4.78, 5) is 0. The van der Waals surface area contributed by atoms with Crippen LogP contribution in [0.15, 0.2) is 0 Å². The Morgan fingerprint density at radius 2 is 1.19 bits per heavy atom. The van der Waals surface area contributed by atoms with E-state index >= 15 is 0 Å². The first kappa shape index (κ1) is 19.2. The maximum atomic E-state index is 2.41. The lowest BCUT2D eigenvalue weighted by Crippen LogP contribution is -3.00. The number of nitrogens with two attached hydrogens (primary N) is 2. The lowest BCUT2D eigenvalue weighted by atomic mass is 10.1. The zero-order valence-electron chi connectivity index (χ0n) is 10.7. The normalized spacial score (nSPS) is 27.4. The van der Waals surface area contributed by atoms with Crippen molar-refractivity contribution in [3.8, 4) is 0 Å². The molecule has 0 bridgehead atoms. The molecule has 2 atom stereocenters. The minimum absolute atomic E-state index is 0. The third kappa shape index (κ3) is 8.04. The van der Waals surface area contributed by atoms with Gasteiger partial charge in [0, 0.05) is 24.7 Å². The number of hydrogen-bond donors (Lipinski definition) is 2. The van der Waals surface area contributed by atoms with Gasteiger partial charge < -0.3 is 44.6 Å². The van der Waals surface area contributed by atoms with Crippen molar-refractivity contribution in [2.24, 2.45) is 11.8 Å². The molecule has 4 heteroatoms. The Hall–Kier alpha value is 0.880.